The standard InChI is InChI=1S/C32H28ClFN6O4/c1-32(19-11-8-17(9-12-19)10-13-25(41)44-3)26-28(35)36-30(37-29(26)38-31(32)42)27-20-14-24(43-2)21(33)15-23(20)40(39-27)16-18-6-4-5-7-22(18)34/h4-9,11-12,14-15H,10,13,16H2,1-3H3,(H3,35,36,37,38,42). The Morgan fingerprint density at radius 2 is 1.86 bits per heavy atom. The first-order valence-electron chi connectivity index (χ1n) is 13.8. The zero-order chi connectivity index (χ0) is 31.2. The van der Waals surface area contributed by atoms with Gasteiger partial charge in [0.25, 0.3) is 0 Å². The van der Waals surface area contributed by atoms with Crippen LogP contribution in [0.25, 0.3) is 22.4 Å². The topological polar surface area (TPSA) is 134 Å². The van der Waals surface area contributed by atoms with E-state index in [0.29, 0.717) is 50.5 Å². The number of fused-ring (bicyclic) bond motifs is 2. The quantitative estimate of drug-likeness (QED) is 0.225. The normalized spacial score (nSPS) is 15.7. The number of rotatable bonds is 8. The molecule has 0 fully saturated rings. The molecule has 1 unspecified atom stereocenters. The molecule has 1 atom stereocenters. The molecule has 6 rings (SSSR count). The molecule has 44 heavy (non-hydrogen) atoms. The number of methoxy groups -OCH3 is 2. The Labute approximate surface area is 257 Å². The molecule has 1 aliphatic heterocycles. The number of anilines is 2. The molecular weight excluding hydrogens is 587 g/mol. The van der Waals surface area contributed by atoms with E-state index in [1.807, 2.05) is 24.3 Å². The minimum absolute atomic E-state index is 0.110. The van der Waals surface area contributed by atoms with Crippen LogP contribution in [0.4, 0.5) is 16.0 Å². The number of carbonyl (C=O) groups excluding carboxylic acids is 2. The van der Waals surface area contributed by atoms with E-state index in [1.165, 1.54) is 20.3 Å². The van der Waals surface area contributed by atoms with Crippen molar-refractivity contribution < 1.29 is 23.5 Å². The fourth-order valence-corrected chi connectivity index (χ4v) is 5.78. The van der Waals surface area contributed by atoms with Crippen LogP contribution in [0.2, 0.25) is 5.02 Å². The Morgan fingerprint density at radius 3 is 2.57 bits per heavy atom. The van der Waals surface area contributed by atoms with Crippen molar-refractivity contribution >= 4 is 46.0 Å². The van der Waals surface area contributed by atoms with Gasteiger partial charge in [0, 0.05) is 17.4 Å². The summed E-state index contributed by atoms with van der Waals surface area (Å²) < 4.78 is 26.4. The molecule has 2 aromatic heterocycles. The lowest BCUT2D eigenvalue weighted by Gasteiger charge is -2.23. The molecule has 0 aliphatic carbocycles. The maximum atomic E-state index is 14.6. The summed E-state index contributed by atoms with van der Waals surface area (Å²) >= 11 is 6.46. The fourth-order valence-electron chi connectivity index (χ4n) is 5.55. The number of amides is 1. The summed E-state index contributed by atoms with van der Waals surface area (Å²) in [5.41, 5.74) is 8.87. The fraction of sp³-hybridized carbons (Fsp3) is 0.219. The van der Waals surface area contributed by atoms with Crippen molar-refractivity contribution in [2.75, 3.05) is 25.3 Å². The van der Waals surface area contributed by atoms with E-state index >= 15 is 0 Å². The van der Waals surface area contributed by atoms with Crippen LogP contribution in [0.1, 0.15) is 35.6 Å². The second-order valence-corrected chi connectivity index (χ2v) is 11.0. The second kappa shape index (κ2) is 11.2. The Morgan fingerprint density at radius 1 is 1.11 bits per heavy atom. The average Bonchev–Trinajstić information content (AvgIpc) is 3.50. The number of nitrogen functional groups attached to an aromatic ring is 1. The van der Waals surface area contributed by atoms with Crippen LogP contribution in [0.5, 0.6) is 5.75 Å². The van der Waals surface area contributed by atoms with Crippen molar-refractivity contribution in [3.05, 3.63) is 93.8 Å². The van der Waals surface area contributed by atoms with Crippen LogP contribution >= 0.6 is 11.6 Å². The van der Waals surface area contributed by atoms with E-state index in [0.717, 1.165) is 5.56 Å². The maximum absolute atomic E-state index is 14.6. The van der Waals surface area contributed by atoms with Gasteiger partial charge in [0.2, 0.25) is 5.91 Å². The highest BCUT2D eigenvalue weighted by Crippen LogP contribution is 2.45. The van der Waals surface area contributed by atoms with Crippen molar-refractivity contribution in [3.63, 3.8) is 0 Å². The first-order valence-corrected chi connectivity index (χ1v) is 14.1. The van der Waals surface area contributed by atoms with Gasteiger partial charge < -0.3 is 20.5 Å². The Balaban J connectivity index is 1.42. The van der Waals surface area contributed by atoms with Gasteiger partial charge in [0.15, 0.2) is 5.82 Å². The van der Waals surface area contributed by atoms with E-state index in [4.69, 9.17) is 36.9 Å². The summed E-state index contributed by atoms with van der Waals surface area (Å²) in [6.07, 6.45) is 0.761. The van der Waals surface area contributed by atoms with Gasteiger partial charge >= 0.3 is 5.97 Å². The van der Waals surface area contributed by atoms with Crippen molar-refractivity contribution in [2.45, 2.75) is 31.7 Å². The van der Waals surface area contributed by atoms with E-state index in [-0.39, 0.29) is 48.1 Å². The van der Waals surface area contributed by atoms with Crippen LogP contribution < -0.4 is 15.8 Å². The van der Waals surface area contributed by atoms with Crippen molar-refractivity contribution in [3.8, 4) is 17.3 Å². The number of nitrogens with one attached hydrogen (secondary N) is 1. The number of aromatic nitrogens is 4. The molecule has 12 heteroatoms. The van der Waals surface area contributed by atoms with Crippen molar-refractivity contribution in [2.24, 2.45) is 0 Å². The highest BCUT2D eigenvalue weighted by atomic mass is 35.5. The highest BCUT2D eigenvalue weighted by Gasteiger charge is 2.47. The number of halogens is 2. The highest BCUT2D eigenvalue weighted by molar-refractivity contribution is 6.33. The molecule has 5 aromatic rings. The molecule has 10 nitrogen and oxygen atoms in total. The lowest BCUT2D eigenvalue weighted by atomic mass is 9.77. The lowest BCUT2D eigenvalue weighted by Crippen LogP contribution is -2.33. The van der Waals surface area contributed by atoms with Gasteiger partial charge in [-0.2, -0.15) is 5.10 Å². The van der Waals surface area contributed by atoms with E-state index in [9.17, 15) is 14.0 Å². The maximum Gasteiger partial charge on any atom is 0.305 e. The third-order valence-corrected chi connectivity index (χ3v) is 8.31. The Hall–Kier alpha value is -5.03. The predicted octanol–water partition coefficient (Wildman–Crippen LogP) is 5.29. The smallest absolute Gasteiger partial charge is 0.305 e. The van der Waals surface area contributed by atoms with E-state index in [1.54, 1.807) is 41.9 Å². The molecule has 0 radical (unpaired) electrons. The molecule has 0 saturated carbocycles. The summed E-state index contributed by atoms with van der Waals surface area (Å²) in [5, 5.41) is 8.58. The Kier molecular flexibility index (Phi) is 7.42. The first kappa shape index (κ1) is 29.1. The minimum Gasteiger partial charge on any atom is -0.495 e. The molecule has 3 N–H and O–H groups in total. The van der Waals surface area contributed by atoms with E-state index < -0.39 is 5.41 Å². The molecule has 0 spiro atoms. The summed E-state index contributed by atoms with van der Waals surface area (Å²) in [6, 6.07) is 17.3. The number of carbonyl (C=O) groups is 2. The van der Waals surface area contributed by atoms with Gasteiger partial charge in [-0.05, 0) is 42.7 Å². The average molecular weight is 615 g/mol. The summed E-state index contributed by atoms with van der Waals surface area (Å²) in [7, 11) is 2.86. The molecule has 3 aromatic carbocycles. The van der Waals surface area contributed by atoms with Crippen molar-refractivity contribution in [1.29, 1.82) is 0 Å². The van der Waals surface area contributed by atoms with Crippen molar-refractivity contribution in [1.82, 2.24) is 19.7 Å². The Bertz CT molecular complexity index is 1940. The number of hydrogen-bond donors (Lipinski definition) is 2. The summed E-state index contributed by atoms with van der Waals surface area (Å²) in [6.45, 7) is 1.89. The molecule has 0 bridgehead atoms. The van der Waals surface area contributed by atoms with Gasteiger partial charge in [-0.15, -0.1) is 0 Å². The molecule has 0 saturated heterocycles. The van der Waals surface area contributed by atoms with Crippen LogP contribution in [-0.2, 0) is 32.7 Å². The lowest BCUT2D eigenvalue weighted by molar-refractivity contribution is -0.140. The molecule has 1 aliphatic rings. The van der Waals surface area contributed by atoms with Gasteiger partial charge in [-0.25, -0.2) is 14.4 Å². The van der Waals surface area contributed by atoms with Crippen LogP contribution in [-0.4, -0.2) is 45.8 Å². The number of nitrogens with zero attached hydrogens (tertiary/aromatic N) is 4. The number of ether oxygens (including phenoxy) is 2. The first-order chi connectivity index (χ1) is 21.1. The second-order valence-electron chi connectivity index (χ2n) is 10.6. The number of nitrogens with two attached hydrogens (primary N) is 1. The molecule has 3 heterocycles. The SMILES string of the molecule is COC(=O)CCc1ccc(C2(C)C(=O)Nc3nc(-c4nn(Cc5ccccc5F)c5cc(Cl)c(OC)cc45)nc(N)c32)cc1. The van der Waals surface area contributed by atoms with Crippen LogP contribution in [0, 0.1) is 5.82 Å². The van der Waals surface area contributed by atoms with Gasteiger partial charge in [0.05, 0.1) is 36.9 Å². The zero-order valence-electron chi connectivity index (χ0n) is 24.1. The molecule has 224 valence electrons. The minimum atomic E-state index is -1.16. The summed E-state index contributed by atoms with van der Waals surface area (Å²) in [4.78, 5) is 34.3. The van der Waals surface area contributed by atoms with Crippen LogP contribution in [0.15, 0.2) is 60.7 Å². The van der Waals surface area contributed by atoms with Gasteiger partial charge in [0.1, 0.15) is 34.3 Å². The number of benzene rings is 3. The molecule has 1 amide bonds. The third kappa shape index (κ3) is 4.88. The predicted molar refractivity (Wildman–Crippen MR) is 164 cm³/mol. The zero-order valence-corrected chi connectivity index (χ0v) is 24.9. The molecular formula is C32H28ClFN6O4. The number of esters is 1. The van der Waals surface area contributed by atoms with Gasteiger partial charge in [-0.3, -0.25) is 14.3 Å². The number of hydrogen-bond acceptors (Lipinski definition) is 8. The largest absolute Gasteiger partial charge is 0.495 e. The third-order valence-electron chi connectivity index (χ3n) is 8.01. The number of aryl methyl sites for hydroxylation is 1. The summed E-state index contributed by atoms with van der Waals surface area (Å²) in [5.74, 6) is -0.00482. The monoisotopic (exact) mass is 614 g/mol. The van der Waals surface area contributed by atoms with Crippen LogP contribution in [0.3, 0.4) is 0 Å². The van der Waals surface area contributed by atoms with E-state index in [2.05, 4.69) is 10.3 Å². The van der Waals surface area contributed by atoms with Gasteiger partial charge in [-0.1, -0.05) is 54.1 Å².